The van der Waals surface area contributed by atoms with Gasteiger partial charge < -0.3 is 5.32 Å². The van der Waals surface area contributed by atoms with Crippen LogP contribution >= 0.6 is 0 Å². The first-order valence-corrected chi connectivity index (χ1v) is 5.31. The number of aromatic nitrogens is 2. The highest BCUT2D eigenvalue weighted by molar-refractivity contribution is 5.25. The van der Waals surface area contributed by atoms with Crippen molar-refractivity contribution in [3.8, 4) is 0 Å². The predicted octanol–water partition coefficient (Wildman–Crippen LogP) is 2.81. The van der Waals surface area contributed by atoms with E-state index in [9.17, 15) is 0 Å². The Bertz CT molecular complexity index is 271. The number of anilines is 1. The van der Waals surface area contributed by atoms with Crippen LogP contribution in [0.2, 0.25) is 0 Å². The van der Waals surface area contributed by atoms with Crippen molar-refractivity contribution in [1.82, 2.24) is 9.97 Å². The minimum atomic E-state index is 0.463. The predicted molar refractivity (Wildman–Crippen MR) is 59.5 cm³/mol. The summed E-state index contributed by atoms with van der Waals surface area (Å²) in [6, 6.07) is 1.97. The van der Waals surface area contributed by atoms with E-state index in [1.54, 1.807) is 0 Å². The maximum Gasteiger partial charge on any atom is 0.222 e. The third kappa shape index (κ3) is 3.32. The summed E-state index contributed by atoms with van der Waals surface area (Å²) in [5, 5.41) is 3.22. The van der Waals surface area contributed by atoms with Crippen LogP contribution in [0.5, 0.6) is 0 Å². The molecule has 1 aromatic rings. The molecule has 1 heterocycles. The van der Waals surface area contributed by atoms with E-state index in [0.717, 1.165) is 24.6 Å². The van der Waals surface area contributed by atoms with Gasteiger partial charge in [-0.25, -0.2) is 9.97 Å². The molecule has 0 bridgehead atoms. The molecular weight excluding hydrogens is 174 g/mol. The Balaban J connectivity index is 2.55. The molecule has 0 spiro atoms. The van der Waals surface area contributed by atoms with Gasteiger partial charge in [0.25, 0.3) is 0 Å². The highest BCUT2D eigenvalue weighted by Crippen LogP contribution is 2.11. The fraction of sp³-hybridized carbons (Fsp3) is 0.636. The molecule has 1 aromatic heterocycles. The van der Waals surface area contributed by atoms with Crippen molar-refractivity contribution < 1.29 is 0 Å². The Morgan fingerprint density at radius 2 is 2.21 bits per heavy atom. The lowest BCUT2D eigenvalue weighted by molar-refractivity contribution is 0.799. The molecule has 0 saturated heterocycles. The van der Waals surface area contributed by atoms with E-state index in [4.69, 9.17) is 0 Å². The van der Waals surface area contributed by atoms with Crippen LogP contribution in [-0.2, 0) is 0 Å². The molecule has 14 heavy (non-hydrogen) atoms. The Morgan fingerprint density at radius 3 is 2.86 bits per heavy atom. The van der Waals surface area contributed by atoms with Crippen molar-refractivity contribution in [2.75, 3.05) is 11.9 Å². The zero-order chi connectivity index (χ0) is 10.4. The van der Waals surface area contributed by atoms with Gasteiger partial charge in [0.2, 0.25) is 5.95 Å². The number of hydrogen-bond donors (Lipinski definition) is 1. The van der Waals surface area contributed by atoms with E-state index in [1.165, 1.54) is 6.42 Å². The van der Waals surface area contributed by atoms with Crippen LogP contribution in [0.15, 0.2) is 12.3 Å². The number of unbranched alkanes of at least 4 members (excludes halogenated alkanes) is 1. The smallest absolute Gasteiger partial charge is 0.222 e. The monoisotopic (exact) mass is 193 g/mol. The van der Waals surface area contributed by atoms with E-state index in [0.29, 0.717) is 5.92 Å². The van der Waals surface area contributed by atoms with Gasteiger partial charge in [-0.1, -0.05) is 27.2 Å². The molecule has 0 amide bonds. The van der Waals surface area contributed by atoms with Crippen LogP contribution in [-0.4, -0.2) is 16.5 Å². The molecule has 0 radical (unpaired) electrons. The van der Waals surface area contributed by atoms with Crippen LogP contribution < -0.4 is 5.32 Å². The van der Waals surface area contributed by atoms with Crippen LogP contribution in [0.25, 0.3) is 0 Å². The van der Waals surface area contributed by atoms with Crippen LogP contribution in [0.1, 0.15) is 45.2 Å². The lowest BCUT2D eigenvalue weighted by atomic mass is 10.1. The van der Waals surface area contributed by atoms with E-state index < -0.39 is 0 Å². The zero-order valence-electron chi connectivity index (χ0n) is 9.25. The van der Waals surface area contributed by atoms with E-state index in [2.05, 4.69) is 36.1 Å². The average Bonchev–Trinajstić information content (AvgIpc) is 2.19. The lowest BCUT2D eigenvalue weighted by Gasteiger charge is -2.07. The molecule has 0 aliphatic carbocycles. The van der Waals surface area contributed by atoms with Crippen molar-refractivity contribution in [3.63, 3.8) is 0 Å². The second kappa shape index (κ2) is 5.58. The largest absolute Gasteiger partial charge is 0.354 e. The SMILES string of the molecule is CCCCNc1nccc(C(C)C)n1. The molecule has 1 N–H and O–H groups in total. The number of rotatable bonds is 5. The molecule has 0 atom stereocenters. The van der Waals surface area contributed by atoms with Gasteiger partial charge in [-0.3, -0.25) is 0 Å². The van der Waals surface area contributed by atoms with Crippen LogP contribution in [0.4, 0.5) is 5.95 Å². The average molecular weight is 193 g/mol. The van der Waals surface area contributed by atoms with E-state index >= 15 is 0 Å². The molecule has 0 fully saturated rings. The Hall–Kier alpha value is -1.12. The summed E-state index contributed by atoms with van der Waals surface area (Å²) < 4.78 is 0. The fourth-order valence-corrected chi connectivity index (χ4v) is 1.16. The van der Waals surface area contributed by atoms with Crippen LogP contribution in [0.3, 0.4) is 0 Å². The third-order valence-electron chi connectivity index (χ3n) is 2.08. The van der Waals surface area contributed by atoms with Gasteiger partial charge >= 0.3 is 0 Å². The number of nitrogens with one attached hydrogen (secondary N) is 1. The summed E-state index contributed by atoms with van der Waals surface area (Å²) in [7, 11) is 0. The van der Waals surface area contributed by atoms with Crippen molar-refractivity contribution in [3.05, 3.63) is 18.0 Å². The molecule has 78 valence electrons. The quantitative estimate of drug-likeness (QED) is 0.731. The van der Waals surface area contributed by atoms with Gasteiger partial charge in [-0.15, -0.1) is 0 Å². The first-order valence-electron chi connectivity index (χ1n) is 5.31. The maximum absolute atomic E-state index is 4.42. The van der Waals surface area contributed by atoms with Gasteiger partial charge in [-0.2, -0.15) is 0 Å². The van der Waals surface area contributed by atoms with Crippen molar-refractivity contribution in [1.29, 1.82) is 0 Å². The molecule has 3 nitrogen and oxygen atoms in total. The molecule has 0 unspecified atom stereocenters. The highest BCUT2D eigenvalue weighted by atomic mass is 15.1. The third-order valence-corrected chi connectivity index (χ3v) is 2.08. The van der Waals surface area contributed by atoms with Gasteiger partial charge in [-0.05, 0) is 18.4 Å². The lowest BCUT2D eigenvalue weighted by Crippen LogP contribution is -2.06. The summed E-state index contributed by atoms with van der Waals surface area (Å²) in [5.41, 5.74) is 1.10. The Morgan fingerprint density at radius 1 is 1.43 bits per heavy atom. The molecule has 1 rings (SSSR count). The molecule has 0 saturated carbocycles. The van der Waals surface area contributed by atoms with Crippen molar-refractivity contribution in [2.45, 2.75) is 39.5 Å². The van der Waals surface area contributed by atoms with Crippen LogP contribution in [0, 0.1) is 0 Å². The van der Waals surface area contributed by atoms with Crippen molar-refractivity contribution >= 4 is 5.95 Å². The standard InChI is InChI=1S/C11H19N3/c1-4-5-7-12-11-13-8-6-10(14-11)9(2)3/h6,8-9H,4-5,7H2,1-3H3,(H,12,13,14). The minimum Gasteiger partial charge on any atom is -0.354 e. The normalized spacial score (nSPS) is 10.6. The van der Waals surface area contributed by atoms with Gasteiger partial charge in [0.15, 0.2) is 0 Å². The summed E-state index contributed by atoms with van der Waals surface area (Å²) in [5.74, 6) is 1.22. The molecule has 0 aromatic carbocycles. The molecule has 0 aliphatic rings. The highest BCUT2D eigenvalue weighted by Gasteiger charge is 2.01. The summed E-state index contributed by atoms with van der Waals surface area (Å²) >= 11 is 0. The second-order valence-electron chi connectivity index (χ2n) is 3.74. The number of nitrogens with zero attached hydrogens (tertiary/aromatic N) is 2. The topological polar surface area (TPSA) is 37.8 Å². The summed E-state index contributed by atoms with van der Waals surface area (Å²) in [6.45, 7) is 7.40. The van der Waals surface area contributed by atoms with Gasteiger partial charge in [0.1, 0.15) is 0 Å². The minimum absolute atomic E-state index is 0.463. The van der Waals surface area contributed by atoms with E-state index in [-0.39, 0.29) is 0 Å². The Labute approximate surface area is 86.0 Å². The zero-order valence-corrected chi connectivity index (χ0v) is 9.25. The first kappa shape index (κ1) is 11.0. The van der Waals surface area contributed by atoms with Gasteiger partial charge in [0.05, 0.1) is 0 Å². The molecular formula is C11H19N3. The summed E-state index contributed by atoms with van der Waals surface area (Å²) in [4.78, 5) is 8.59. The molecule has 0 aliphatic heterocycles. The fourth-order valence-electron chi connectivity index (χ4n) is 1.16. The first-order chi connectivity index (χ1) is 6.74. The molecule has 3 heteroatoms. The van der Waals surface area contributed by atoms with Gasteiger partial charge in [0, 0.05) is 18.4 Å². The summed E-state index contributed by atoms with van der Waals surface area (Å²) in [6.07, 6.45) is 4.17. The van der Waals surface area contributed by atoms with E-state index in [1.807, 2.05) is 12.3 Å². The maximum atomic E-state index is 4.42. The Kier molecular flexibility index (Phi) is 4.36. The van der Waals surface area contributed by atoms with Crippen molar-refractivity contribution in [2.24, 2.45) is 0 Å². The number of hydrogen-bond acceptors (Lipinski definition) is 3. The second-order valence-corrected chi connectivity index (χ2v) is 3.74.